The van der Waals surface area contributed by atoms with E-state index in [0.717, 1.165) is 11.4 Å². The van der Waals surface area contributed by atoms with E-state index in [1.54, 1.807) is 7.11 Å². The third-order valence-corrected chi connectivity index (χ3v) is 2.46. The first-order chi connectivity index (χ1) is 6.69. The lowest BCUT2D eigenvalue weighted by Crippen LogP contribution is -2.34. The average Bonchev–Trinajstić information content (AvgIpc) is 2.27. The Morgan fingerprint density at radius 2 is 1.93 bits per heavy atom. The molecule has 0 bridgehead atoms. The third kappa shape index (κ3) is 2.35. The smallest absolute Gasteiger partial charge is 0.172 e. The van der Waals surface area contributed by atoms with Crippen LogP contribution in [-0.2, 0) is 0 Å². The molecule has 1 rings (SSSR count). The molecule has 0 saturated heterocycles. The topological polar surface area (TPSA) is 24.5 Å². The van der Waals surface area contributed by atoms with Crippen molar-refractivity contribution in [1.29, 1.82) is 0 Å². The Balaban J connectivity index is 2.81. The lowest BCUT2D eigenvalue weighted by molar-refractivity contribution is 0.415. The number of nitrogens with one attached hydrogen (secondary N) is 1. The molecule has 0 saturated carbocycles. The third-order valence-electron chi connectivity index (χ3n) is 1.98. The fourth-order valence-electron chi connectivity index (χ4n) is 1.09. The van der Waals surface area contributed by atoms with Crippen LogP contribution >= 0.6 is 12.2 Å². The van der Waals surface area contributed by atoms with Gasteiger partial charge in [0, 0.05) is 19.8 Å². The van der Waals surface area contributed by atoms with Crippen molar-refractivity contribution in [2.45, 2.75) is 0 Å². The molecule has 0 aromatic heterocycles. The maximum atomic E-state index is 5.10. The SMILES string of the molecule is CNC(=S)N(C)c1ccc(OC)cc1. The molecule has 0 unspecified atom stereocenters. The van der Waals surface area contributed by atoms with Crippen molar-refractivity contribution in [3.8, 4) is 5.75 Å². The first-order valence-electron chi connectivity index (χ1n) is 4.28. The summed E-state index contributed by atoms with van der Waals surface area (Å²) in [7, 11) is 5.37. The molecule has 1 aromatic rings. The van der Waals surface area contributed by atoms with Gasteiger partial charge in [0.2, 0.25) is 0 Å². The molecular formula is C10H14N2OS. The maximum Gasteiger partial charge on any atom is 0.172 e. The van der Waals surface area contributed by atoms with Crippen LogP contribution in [0.1, 0.15) is 0 Å². The number of methoxy groups -OCH3 is 1. The normalized spacial score (nSPS) is 9.36. The second-order valence-corrected chi connectivity index (χ2v) is 3.20. The zero-order valence-electron chi connectivity index (χ0n) is 8.57. The zero-order chi connectivity index (χ0) is 10.6. The molecule has 0 atom stereocenters. The Hall–Kier alpha value is -1.29. The monoisotopic (exact) mass is 210 g/mol. The van der Waals surface area contributed by atoms with Crippen molar-refractivity contribution in [2.24, 2.45) is 0 Å². The van der Waals surface area contributed by atoms with Crippen molar-refractivity contribution in [3.63, 3.8) is 0 Å². The molecule has 3 nitrogen and oxygen atoms in total. The molecule has 0 aliphatic rings. The van der Waals surface area contributed by atoms with Gasteiger partial charge in [0.05, 0.1) is 7.11 Å². The van der Waals surface area contributed by atoms with Gasteiger partial charge in [-0.2, -0.15) is 0 Å². The molecule has 0 fully saturated rings. The van der Waals surface area contributed by atoms with Crippen LogP contribution in [-0.4, -0.2) is 26.3 Å². The summed E-state index contributed by atoms with van der Waals surface area (Å²) in [5.41, 5.74) is 1.03. The number of nitrogens with zero attached hydrogens (tertiary/aromatic N) is 1. The van der Waals surface area contributed by atoms with E-state index in [-0.39, 0.29) is 0 Å². The van der Waals surface area contributed by atoms with E-state index in [4.69, 9.17) is 17.0 Å². The second kappa shape index (κ2) is 4.81. The summed E-state index contributed by atoms with van der Waals surface area (Å²) in [6, 6.07) is 7.74. The van der Waals surface area contributed by atoms with Crippen LogP contribution in [0.15, 0.2) is 24.3 Å². The quantitative estimate of drug-likeness (QED) is 0.750. The van der Waals surface area contributed by atoms with Gasteiger partial charge in [-0.05, 0) is 36.5 Å². The summed E-state index contributed by atoms with van der Waals surface area (Å²) in [4.78, 5) is 1.90. The van der Waals surface area contributed by atoms with Crippen molar-refractivity contribution in [2.75, 3.05) is 26.1 Å². The second-order valence-electron chi connectivity index (χ2n) is 2.81. The molecule has 1 aromatic carbocycles. The van der Waals surface area contributed by atoms with Crippen LogP contribution in [0.4, 0.5) is 5.69 Å². The number of hydrogen-bond donors (Lipinski definition) is 1. The fourth-order valence-corrected chi connectivity index (χ4v) is 1.20. The Morgan fingerprint density at radius 1 is 1.36 bits per heavy atom. The van der Waals surface area contributed by atoms with E-state index in [2.05, 4.69) is 5.32 Å². The van der Waals surface area contributed by atoms with Crippen molar-refractivity contribution in [3.05, 3.63) is 24.3 Å². The van der Waals surface area contributed by atoms with Crippen LogP contribution in [0.2, 0.25) is 0 Å². The van der Waals surface area contributed by atoms with Crippen LogP contribution in [0, 0.1) is 0 Å². The van der Waals surface area contributed by atoms with Gasteiger partial charge in [-0.3, -0.25) is 0 Å². The maximum absolute atomic E-state index is 5.10. The minimum atomic E-state index is 0.690. The Labute approximate surface area is 89.7 Å². The standard InChI is InChI=1S/C10H14N2OS/c1-11-10(14)12(2)8-4-6-9(13-3)7-5-8/h4-7H,1-3H3,(H,11,14). The Bertz CT molecular complexity index is 310. The summed E-state index contributed by atoms with van der Waals surface area (Å²) in [5, 5.41) is 3.61. The van der Waals surface area contributed by atoms with Gasteiger partial charge in [-0.1, -0.05) is 0 Å². The predicted molar refractivity (Wildman–Crippen MR) is 63.1 cm³/mol. The van der Waals surface area contributed by atoms with Gasteiger partial charge >= 0.3 is 0 Å². The van der Waals surface area contributed by atoms with Crippen LogP contribution in [0.25, 0.3) is 0 Å². The highest BCUT2D eigenvalue weighted by atomic mass is 32.1. The molecule has 0 heterocycles. The van der Waals surface area contributed by atoms with Gasteiger partial charge in [0.1, 0.15) is 5.75 Å². The lowest BCUT2D eigenvalue weighted by atomic mass is 10.3. The first kappa shape index (κ1) is 10.8. The molecule has 0 aliphatic carbocycles. The molecule has 0 spiro atoms. The summed E-state index contributed by atoms with van der Waals surface area (Å²) in [6.45, 7) is 0. The highest BCUT2D eigenvalue weighted by molar-refractivity contribution is 7.80. The van der Waals surface area contributed by atoms with E-state index in [0.29, 0.717) is 5.11 Å². The van der Waals surface area contributed by atoms with E-state index in [1.165, 1.54) is 0 Å². The van der Waals surface area contributed by atoms with Crippen molar-refractivity contribution >= 4 is 23.0 Å². The summed E-state index contributed by atoms with van der Waals surface area (Å²) in [6.07, 6.45) is 0. The molecule has 0 radical (unpaired) electrons. The summed E-state index contributed by atoms with van der Waals surface area (Å²) in [5.74, 6) is 0.845. The predicted octanol–water partition coefficient (Wildman–Crippen LogP) is 1.64. The van der Waals surface area contributed by atoms with Crippen LogP contribution in [0.3, 0.4) is 0 Å². The minimum Gasteiger partial charge on any atom is -0.497 e. The van der Waals surface area contributed by atoms with Crippen LogP contribution in [0.5, 0.6) is 5.75 Å². The van der Waals surface area contributed by atoms with E-state index in [9.17, 15) is 0 Å². The Kier molecular flexibility index (Phi) is 3.71. The number of ether oxygens (including phenoxy) is 1. The van der Waals surface area contributed by atoms with Gasteiger partial charge in [0.25, 0.3) is 0 Å². The van der Waals surface area contributed by atoms with Crippen LogP contribution < -0.4 is 15.0 Å². The molecule has 0 aliphatic heterocycles. The van der Waals surface area contributed by atoms with E-state index < -0.39 is 0 Å². The summed E-state index contributed by atoms with van der Waals surface area (Å²) < 4.78 is 5.07. The minimum absolute atomic E-state index is 0.690. The molecule has 76 valence electrons. The number of hydrogen-bond acceptors (Lipinski definition) is 2. The molecule has 0 amide bonds. The number of rotatable bonds is 2. The van der Waals surface area contributed by atoms with Gasteiger partial charge in [-0.15, -0.1) is 0 Å². The number of anilines is 1. The molecular weight excluding hydrogens is 196 g/mol. The molecule has 1 N–H and O–H groups in total. The van der Waals surface area contributed by atoms with Gasteiger partial charge in [-0.25, -0.2) is 0 Å². The highest BCUT2D eigenvalue weighted by Gasteiger charge is 2.04. The number of thiocarbonyl (C=S) groups is 1. The lowest BCUT2D eigenvalue weighted by Gasteiger charge is -2.19. The first-order valence-corrected chi connectivity index (χ1v) is 4.69. The summed E-state index contributed by atoms with van der Waals surface area (Å²) >= 11 is 5.10. The van der Waals surface area contributed by atoms with E-state index in [1.807, 2.05) is 43.3 Å². The van der Waals surface area contributed by atoms with Gasteiger partial charge in [0.15, 0.2) is 5.11 Å². The molecule has 4 heteroatoms. The zero-order valence-corrected chi connectivity index (χ0v) is 9.39. The fraction of sp³-hybridized carbons (Fsp3) is 0.300. The van der Waals surface area contributed by atoms with E-state index >= 15 is 0 Å². The van der Waals surface area contributed by atoms with Gasteiger partial charge < -0.3 is 15.0 Å². The van der Waals surface area contributed by atoms with Crippen molar-refractivity contribution < 1.29 is 4.74 Å². The molecule has 14 heavy (non-hydrogen) atoms. The largest absolute Gasteiger partial charge is 0.497 e. The average molecular weight is 210 g/mol. The Morgan fingerprint density at radius 3 is 2.36 bits per heavy atom. The highest BCUT2D eigenvalue weighted by Crippen LogP contribution is 2.17. The number of benzene rings is 1. The van der Waals surface area contributed by atoms with Crippen molar-refractivity contribution in [1.82, 2.24) is 5.32 Å².